The van der Waals surface area contributed by atoms with Gasteiger partial charge in [-0.1, -0.05) is 12.1 Å². The Hall–Kier alpha value is -1.03. The molecule has 0 unspecified atom stereocenters. The zero-order valence-electron chi connectivity index (χ0n) is 10.9. The van der Waals surface area contributed by atoms with E-state index in [0.29, 0.717) is 6.04 Å². The summed E-state index contributed by atoms with van der Waals surface area (Å²) in [6.07, 6.45) is 2.03. The number of aryl methyl sites for hydroxylation is 1. The van der Waals surface area contributed by atoms with Crippen LogP contribution in [0.5, 0.6) is 0 Å². The number of carbonyl (C=O) groups is 1. The number of likely N-dealkylation sites (tertiary alicyclic amines) is 1. The number of halogens is 1. The molecule has 1 aliphatic heterocycles. The highest BCUT2D eigenvalue weighted by molar-refractivity contribution is 9.10. The van der Waals surface area contributed by atoms with Gasteiger partial charge in [0.25, 0.3) is 0 Å². The number of anilines is 1. The van der Waals surface area contributed by atoms with Crippen LogP contribution in [-0.4, -0.2) is 29.9 Å². The molecule has 0 bridgehead atoms. The summed E-state index contributed by atoms with van der Waals surface area (Å²) in [5, 5.41) is 3.56. The minimum atomic E-state index is 0.185. The van der Waals surface area contributed by atoms with Crippen molar-refractivity contribution in [1.29, 1.82) is 0 Å². The highest BCUT2D eigenvalue weighted by atomic mass is 79.9. The van der Waals surface area contributed by atoms with Crippen molar-refractivity contribution < 1.29 is 4.79 Å². The first kappa shape index (κ1) is 13.4. The van der Waals surface area contributed by atoms with Gasteiger partial charge in [0.15, 0.2) is 0 Å². The largest absolute Gasteiger partial charge is 0.381 e. The molecule has 1 aliphatic rings. The molecule has 0 aromatic heterocycles. The highest BCUT2D eigenvalue weighted by Crippen LogP contribution is 2.27. The van der Waals surface area contributed by atoms with E-state index in [2.05, 4.69) is 46.4 Å². The van der Waals surface area contributed by atoms with Crippen LogP contribution in [0.15, 0.2) is 22.7 Å². The fourth-order valence-corrected chi connectivity index (χ4v) is 2.70. The van der Waals surface area contributed by atoms with Crippen LogP contribution in [0.3, 0.4) is 0 Å². The van der Waals surface area contributed by atoms with Gasteiger partial charge in [0, 0.05) is 36.2 Å². The maximum Gasteiger partial charge on any atom is 0.219 e. The van der Waals surface area contributed by atoms with E-state index in [-0.39, 0.29) is 5.91 Å². The summed E-state index contributed by atoms with van der Waals surface area (Å²) < 4.78 is 1.14. The molecule has 18 heavy (non-hydrogen) atoms. The number of amides is 1. The van der Waals surface area contributed by atoms with Crippen LogP contribution in [0.1, 0.15) is 25.3 Å². The molecular formula is C14H19BrN2O. The normalized spacial score (nSPS) is 16.7. The van der Waals surface area contributed by atoms with Crippen molar-refractivity contribution in [2.24, 2.45) is 0 Å². The lowest BCUT2D eigenvalue weighted by Gasteiger charge is -2.32. The van der Waals surface area contributed by atoms with Gasteiger partial charge in [0.05, 0.1) is 0 Å². The van der Waals surface area contributed by atoms with Crippen LogP contribution < -0.4 is 5.32 Å². The molecule has 0 spiro atoms. The fraction of sp³-hybridized carbons (Fsp3) is 0.500. The van der Waals surface area contributed by atoms with Crippen LogP contribution >= 0.6 is 15.9 Å². The lowest BCUT2D eigenvalue weighted by atomic mass is 10.0. The van der Waals surface area contributed by atoms with Crippen molar-refractivity contribution in [2.45, 2.75) is 32.7 Å². The number of rotatable bonds is 2. The molecule has 4 heteroatoms. The molecule has 98 valence electrons. The minimum absolute atomic E-state index is 0.185. The van der Waals surface area contributed by atoms with Gasteiger partial charge in [-0.15, -0.1) is 0 Å². The molecule has 1 heterocycles. The Morgan fingerprint density at radius 3 is 2.67 bits per heavy atom. The quantitative estimate of drug-likeness (QED) is 0.910. The number of piperidine rings is 1. The molecule has 1 fully saturated rings. The SMILES string of the molecule is CC(=O)N1CCC(Nc2cccc(C)c2Br)CC1. The predicted molar refractivity (Wildman–Crippen MR) is 77.8 cm³/mol. The Morgan fingerprint density at radius 2 is 2.06 bits per heavy atom. The van der Waals surface area contributed by atoms with E-state index in [0.717, 1.165) is 36.1 Å². The number of nitrogens with zero attached hydrogens (tertiary/aromatic N) is 1. The molecule has 1 aromatic carbocycles. The molecule has 0 saturated carbocycles. The van der Waals surface area contributed by atoms with Crippen molar-refractivity contribution in [3.63, 3.8) is 0 Å². The summed E-state index contributed by atoms with van der Waals surface area (Å²) in [6.45, 7) is 5.45. The highest BCUT2D eigenvalue weighted by Gasteiger charge is 2.20. The van der Waals surface area contributed by atoms with Gasteiger partial charge in [-0.3, -0.25) is 4.79 Å². The Labute approximate surface area is 117 Å². The van der Waals surface area contributed by atoms with Crippen molar-refractivity contribution >= 4 is 27.5 Å². The summed E-state index contributed by atoms with van der Waals surface area (Å²) in [5.41, 5.74) is 2.39. The third-order valence-corrected chi connectivity index (χ3v) is 4.54. The van der Waals surface area contributed by atoms with Crippen LogP contribution in [-0.2, 0) is 4.79 Å². The lowest BCUT2D eigenvalue weighted by molar-refractivity contribution is -0.129. The Kier molecular flexibility index (Phi) is 4.27. The number of nitrogens with one attached hydrogen (secondary N) is 1. The first-order valence-corrected chi connectivity index (χ1v) is 7.14. The van der Waals surface area contributed by atoms with E-state index in [4.69, 9.17) is 0 Å². The molecule has 0 radical (unpaired) electrons. The van der Waals surface area contributed by atoms with E-state index in [1.54, 1.807) is 6.92 Å². The maximum absolute atomic E-state index is 11.3. The van der Waals surface area contributed by atoms with Crippen molar-refractivity contribution in [3.8, 4) is 0 Å². The minimum Gasteiger partial charge on any atom is -0.381 e. The average molecular weight is 311 g/mol. The van der Waals surface area contributed by atoms with Crippen LogP contribution in [0.4, 0.5) is 5.69 Å². The van der Waals surface area contributed by atoms with E-state index >= 15 is 0 Å². The first-order chi connectivity index (χ1) is 8.58. The number of benzene rings is 1. The topological polar surface area (TPSA) is 32.3 Å². The average Bonchev–Trinajstić information content (AvgIpc) is 2.36. The molecule has 1 aromatic rings. The molecule has 3 nitrogen and oxygen atoms in total. The van der Waals surface area contributed by atoms with Crippen molar-refractivity contribution in [1.82, 2.24) is 4.90 Å². The Morgan fingerprint density at radius 1 is 1.39 bits per heavy atom. The van der Waals surface area contributed by atoms with Gasteiger partial charge in [-0.05, 0) is 47.3 Å². The lowest BCUT2D eigenvalue weighted by Crippen LogP contribution is -2.41. The standard InChI is InChI=1S/C14H19BrN2O/c1-10-4-3-5-13(14(10)15)16-12-6-8-17(9-7-12)11(2)18/h3-5,12,16H,6-9H2,1-2H3. The van der Waals surface area contributed by atoms with E-state index in [1.807, 2.05) is 4.90 Å². The van der Waals surface area contributed by atoms with Gasteiger partial charge >= 0.3 is 0 Å². The third kappa shape index (κ3) is 3.05. The van der Waals surface area contributed by atoms with E-state index in [9.17, 15) is 4.79 Å². The van der Waals surface area contributed by atoms with Crippen molar-refractivity contribution in [2.75, 3.05) is 18.4 Å². The summed E-state index contributed by atoms with van der Waals surface area (Å²) in [7, 11) is 0. The first-order valence-electron chi connectivity index (χ1n) is 6.35. The second-order valence-electron chi connectivity index (χ2n) is 4.86. The zero-order chi connectivity index (χ0) is 13.1. The number of hydrogen-bond donors (Lipinski definition) is 1. The third-order valence-electron chi connectivity index (χ3n) is 3.49. The van der Waals surface area contributed by atoms with Gasteiger partial charge < -0.3 is 10.2 Å². The molecule has 0 aliphatic carbocycles. The Bertz CT molecular complexity index is 439. The van der Waals surface area contributed by atoms with Crippen LogP contribution in [0.25, 0.3) is 0 Å². The van der Waals surface area contributed by atoms with Crippen molar-refractivity contribution in [3.05, 3.63) is 28.2 Å². The summed E-state index contributed by atoms with van der Waals surface area (Å²) in [4.78, 5) is 13.2. The smallest absolute Gasteiger partial charge is 0.219 e. The number of carbonyl (C=O) groups excluding carboxylic acids is 1. The van der Waals surface area contributed by atoms with Crippen LogP contribution in [0, 0.1) is 6.92 Å². The molecular weight excluding hydrogens is 292 g/mol. The molecule has 0 atom stereocenters. The monoisotopic (exact) mass is 310 g/mol. The Balaban J connectivity index is 1.96. The van der Waals surface area contributed by atoms with E-state index in [1.165, 1.54) is 5.56 Å². The summed E-state index contributed by atoms with van der Waals surface area (Å²) in [6, 6.07) is 6.70. The number of hydrogen-bond acceptors (Lipinski definition) is 2. The van der Waals surface area contributed by atoms with E-state index < -0.39 is 0 Å². The van der Waals surface area contributed by atoms with Gasteiger partial charge in [0.1, 0.15) is 0 Å². The summed E-state index contributed by atoms with van der Waals surface area (Å²) in [5.74, 6) is 0.185. The fourth-order valence-electron chi connectivity index (χ4n) is 2.32. The maximum atomic E-state index is 11.3. The van der Waals surface area contributed by atoms with Crippen LogP contribution in [0.2, 0.25) is 0 Å². The zero-order valence-corrected chi connectivity index (χ0v) is 12.5. The molecule has 2 rings (SSSR count). The van der Waals surface area contributed by atoms with Gasteiger partial charge in [-0.25, -0.2) is 0 Å². The summed E-state index contributed by atoms with van der Waals surface area (Å²) >= 11 is 3.62. The molecule has 1 saturated heterocycles. The second kappa shape index (κ2) is 5.74. The predicted octanol–water partition coefficient (Wildman–Crippen LogP) is 3.18. The van der Waals surface area contributed by atoms with Gasteiger partial charge in [0.2, 0.25) is 5.91 Å². The second-order valence-corrected chi connectivity index (χ2v) is 5.65. The molecule has 1 N–H and O–H groups in total. The molecule has 1 amide bonds. The van der Waals surface area contributed by atoms with Gasteiger partial charge in [-0.2, -0.15) is 0 Å².